The molecule has 0 amide bonds. The molecule has 1 fully saturated rings. The minimum Gasteiger partial charge on any atom is -0.314 e. The summed E-state index contributed by atoms with van der Waals surface area (Å²) in [7, 11) is 2.07. The van der Waals surface area contributed by atoms with E-state index in [1.807, 2.05) is 6.92 Å². The third-order valence-corrected chi connectivity index (χ3v) is 1.80. The second-order valence-electron chi connectivity index (χ2n) is 2.77. The molecule has 0 aliphatic carbocycles. The molecule has 1 N–H and O–H groups in total. The van der Waals surface area contributed by atoms with Gasteiger partial charge in [-0.05, 0) is 14.0 Å². The largest absolute Gasteiger partial charge is 0.314 e. The maximum Gasteiger partial charge on any atom is 0.0449 e. The van der Waals surface area contributed by atoms with Crippen molar-refractivity contribution in [2.24, 2.45) is 0 Å². The fraction of sp³-hybridized carbons (Fsp3) is 1.00. The first-order valence-electron chi connectivity index (χ1n) is 3.34. The Hall–Kier alpha value is -0.120. The zero-order chi connectivity index (χ0) is 6.85. The molecule has 0 saturated carbocycles. The molecule has 1 aliphatic heterocycles. The zero-order valence-corrected chi connectivity index (χ0v) is 6.04. The molecule has 1 heterocycles. The van der Waals surface area contributed by atoms with Crippen molar-refractivity contribution in [2.45, 2.75) is 13.0 Å². The fourth-order valence-corrected chi connectivity index (χ4v) is 1.13. The van der Waals surface area contributed by atoms with Gasteiger partial charge in [-0.25, -0.2) is 0 Å². The van der Waals surface area contributed by atoms with Gasteiger partial charge in [-0.15, -0.1) is 0 Å². The number of piperazine rings is 1. The van der Waals surface area contributed by atoms with Gasteiger partial charge in [-0.2, -0.15) is 5.06 Å². The maximum absolute atomic E-state index is 9.10. The van der Waals surface area contributed by atoms with E-state index >= 15 is 0 Å². The number of rotatable bonds is 0. The molecule has 0 bridgehead atoms. The summed E-state index contributed by atoms with van der Waals surface area (Å²) in [4.78, 5) is 2.22. The molecule has 54 valence electrons. The lowest BCUT2D eigenvalue weighted by atomic mass is 10.2. The summed E-state index contributed by atoms with van der Waals surface area (Å²) in [6.07, 6.45) is 0. The standard InChI is InChI=1S/C6H14N2O/c1-6-5-7(2)3-4-8(6)9/h6,9H,3-5H2,1-2H3/t6-/m0/s1. The van der Waals surface area contributed by atoms with Gasteiger partial charge in [-0.1, -0.05) is 0 Å². The van der Waals surface area contributed by atoms with Crippen LogP contribution >= 0.6 is 0 Å². The third-order valence-electron chi connectivity index (χ3n) is 1.80. The van der Waals surface area contributed by atoms with Crippen LogP contribution in [-0.2, 0) is 0 Å². The van der Waals surface area contributed by atoms with Gasteiger partial charge in [0.15, 0.2) is 0 Å². The molecule has 1 saturated heterocycles. The van der Waals surface area contributed by atoms with Crippen LogP contribution in [0.15, 0.2) is 0 Å². The van der Waals surface area contributed by atoms with E-state index in [-0.39, 0.29) is 0 Å². The molecule has 0 radical (unpaired) electrons. The van der Waals surface area contributed by atoms with Crippen LogP contribution in [0.2, 0.25) is 0 Å². The average Bonchev–Trinajstić information content (AvgIpc) is 1.80. The average molecular weight is 130 g/mol. The summed E-state index contributed by atoms with van der Waals surface area (Å²) in [6, 6.07) is 0.295. The Labute approximate surface area is 55.8 Å². The topological polar surface area (TPSA) is 26.7 Å². The van der Waals surface area contributed by atoms with Crippen LogP contribution < -0.4 is 0 Å². The van der Waals surface area contributed by atoms with Crippen molar-refractivity contribution in [3.05, 3.63) is 0 Å². The number of nitrogens with zero attached hydrogens (tertiary/aromatic N) is 2. The monoisotopic (exact) mass is 130 g/mol. The summed E-state index contributed by atoms with van der Waals surface area (Å²) >= 11 is 0. The van der Waals surface area contributed by atoms with Crippen molar-refractivity contribution in [2.75, 3.05) is 26.7 Å². The summed E-state index contributed by atoms with van der Waals surface area (Å²) in [5, 5.41) is 10.5. The molecule has 1 aliphatic rings. The van der Waals surface area contributed by atoms with Gasteiger partial charge in [0, 0.05) is 25.7 Å². The van der Waals surface area contributed by atoms with Crippen molar-refractivity contribution in [3.8, 4) is 0 Å². The minimum absolute atomic E-state index is 0.295. The van der Waals surface area contributed by atoms with E-state index < -0.39 is 0 Å². The van der Waals surface area contributed by atoms with E-state index in [4.69, 9.17) is 5.21 Å². The highest BCUT2D eigenvalue weighted by molar-refractivity contribution is 4.70. The molecular weight excluding hydrogens is 116 g/mol. The first kappa shape index (κ1) is 6.99. The van der Waals surface area contributed by atoms with Crippen molar-refractivity contribution < 1.29 is 5.21 Å². The minimum atomic E-state index is 0.295. The lowest BCUT2D eigenvalue weighted by molar-refractivity contribution is -0.147. The van der Waals surface area contributed by atoms with Gasteiger partial charge in [0.05, 0.1) is 0 Å². The van der Waals surface area contributed by atoms with Crippen LogP contribution in [0.4, 0.5) is 0 Å². The number of hydroxylamine groups is 2. The Kier molecular flexibility index (Phi) is 2.05. The molecule has 0 spiro atoms. The van der Waals surface area contributed by atoms with Crippen molar-refractivity contribution in [3.63, 3.8) is 0 Å². The lowest BCUT2D eigenvalue weighted by Gasteiger charge is -2.33. The molecule has 0 unspecified atom stereocenters. The second-order valence-corrected chi connectivity index (χ2v) is 2.77. The van der Waals surface area contributed by atoms with E-state index in [0.717, 1.165) is 19.6 Å². The Morgan fingerprint density at radius 1 is 1.44 bits per heavy atom. The summed E-state index contributed by atoms with van der Waals surface area (Å²) in [5.74, 6) is 0. The van der Waals surface area contributed by atoms with E-state index in [1.54, 1.807) is 0 Å². The molecule has 3 heteroatoms. The smallest absolute Gasteiger partial charge is 0.0449 e. The number of hydrogen-bond acceptors (Lipinski definition) is 3. The first-order valence-corrected chi connectivity index (χ1v) is 3.34. The predicted molar refractivity (Wildman–Crippen MR) is 35.5 cm³/mol. The van der Waals surface area contributed by atoms with Crippen LogP contribution in [0.1, 0.15) is 6.92 Å². The van der Waals surface area contributed by atoms with Gasteiger partial charge < -0.3 is 10.1 Å². The van der Waals surface area contributed by atoms with Gasteiger partial charge in [-0.3, -0.25) is 0 Å². The quantitative estimate of drug-likeness (QED) is 0.500. The number of hydrogen-bond donors (Lipinski definition) is 1. The van der Waals surface area contributed by atoms with Crippen molar-refractivity contribution >= 4 is 0 Å². The number of likely N-dealkylation sites (N-methyl/N-ethyl adjacent to an activating group) is 1. The molecule has 0 aromatic carbocycles. The fourth-order valence-electron chi connectivity index (χ4n) is 1.13. The molecule has 0 aromatic heterocycles. The van der Waals surface area contributed by atoms with E-state index in [9.17, 15) is 0 Å². The van der Waals surface area contributed by atoms with Gasteiger partial charge in [0.1, 0.15) is 0 Å². The van der Waals surface area contributed by atoms with E-state index in [1.165, 1.54) is 5.06 Å². The van der Waals surface area contributed by atoms with E-state index in [2.05, 4.69) is 11.9 Å². The van der Waals surface area contributed by atoms with E-state index in [0.29, 0.717) is 6.04 Å². The van der Waals surface area contributed by atoms with Gasteiger partial charge >= 0.3 is 0 Å². The Bertz CT molecular complexity index is 97.1. The summed E-state index contributed by atoms with van der Waals surface area (Å²) in [5.41, 5.74) is 0. The van der Waals surface area contributed by atoms with Crippen LogP contribution in [0.3, 0.4) is 0 Å². The van der Waals surface area contributed by atoms with Gasteiger partial charge in [0.25, 0.3) is 0 Å². The van der Waals surface area contributed by atoms with Crippen LogP contribution in [0.25, 0.3) is 0 Å². The molecule has 0 aromatic rings. The summed E-state index contributed by atoms with van der Waals surface area (Å²) in [6.45, 7) is 4.74. The first-order chi connectivity index (χ1) is 4.20. The summed E-state index contributed by atoms with van der Waals surface area (Å²) < 4.78 is 0. The molecular formula is C6H14N2O. The highest BCUT2D eigenvalue weighted by atomic mass is 16.5. The van der Waals surface area contributed by atoms with Gasteiger partial charge in [0.2, 0.25) is 0 Å². The Morgan fingerprint density at radius 3 is 2.56 bits per heavy atom. The molecule has 1 atom stereocenters. The van der Waals surface area contributed by atoms with Crippen LogP contribution in [0, 0.1) is 0 Å². The molecule has 3 nitrogen and oxygen atoms in total. The van der Waals surface area contributed by atoms with Crippen LogP contribution in [0.5, 0.6) is 0 Å². The predicted octanol–water partition coefficient (Wildman–Crippen LogP) is 0.0115. The maximum atomic E-state index is 9.10. The SMILES string of the molecule is C[C@H]1CN(C)CCN1O. The van der Waals surface area contributed by atoms with Crippen molar-refractivity contribution in [1.82, 2.24) is 9.96 Å². The third kappa shape index (κ3) is 1.64. The normalized spacial score (nSPS) is 33.0. The molecule has 9 heavy (non-hydrogen) atoms. The van der Waals surface area contributed by atoms with Crippen molar-refractivity contribution in [1.29, 1.82) is 0 Å². The second kappa shape index (κ2) is 2.64. The Balaban J connectivity index is 2.35. The highest BCUT2D eigenvalue weighted by Gasteiger charge is 2.18. The zero-order valence-electron chi connectivity index (χ0n) is 6.04. The van der Waals surface area contributed by atoms with Crippen LogP contribution in [-0.4, -0.2) is 47.9 Å². The Morgan fingerprint density at radius 2 is 2.11 bits per heavy atom. The molecule has 1 rings (SSSR count). The lowest BCUT2D eigenvalue weighted by Crippen LogP contribution is -2.48. The highest BCUT2D eigenvalue weighted by Crippen LogP contribution is 2.02.